The van der Waals surface area contributed by atoms with Crippen molar-refractivity contribution in [3.63, 3.8) is 0 Å². The standard InChI is InChI=1S/C15H14BrClFNO/c1-8-5-12(16)15(7-13(8)17)19-9(2)11-4-3-10(20)6-14(11)18/h3-7,9,19-20H,1-2H3. The van der Waals surface area contributed by atoms with E-state index < -0.39 is 5.82 Å². The normalized spacial score (nSPS) is 12.2. The van der Waals surface area contributed by atoms with Crippen molar-refractivity contribution in [2.75, 3.05) is 5.32 Å². The number of anilines is 1. The van der Waals surface area contributed by atoms with Gasteiger partial charge in [0, 0.05) is 21.1 Å². The zero-order chi connectivity index (χ0) is 14.9. The molecular formula is C15H14BrClFNO. The Morgan fingerprint density at radius 2 is 2.00 bits per heavy atom. The van der Waals surface area contributed by atoms with E-state index in [1.54, 1.807) is 12.1 Å². The number of phenolic OH excluding ortho intramolecular Hbond substituents is 1. The van der Waals surface area contributed by atoms with Gasteiger partial charge in [-0.1, -0.05) is 17.7 Å². The molecule has 0 aliphatic carbocycles. The second-order valence-electron chi connectivity index (χ2n) is 4.65. The molecule has 0 aliphatic rings. The molecular weight excluding hydrogens is 345 g/mol. The van der Waals surface area contributed by atoms with Crippen molar-refractivity contribution in [3.05, 3.63) is 56.8 Å². The largest absolute Gasteiger partial charge is 0.508 e. The number of halogens is 3. The van der Waals surface area contributed by atoms with Gasteiger partial charge in [0.15, 0.2) is 0 Å². The Morgan fingerprint density at radius 1 is 1.30 bits per heavy atom. The van der Waals surface area contributed by atoms with Gasteiger partial charge >= 0.3 is 0 Å². The van der Waals surface area contributed by atoms with Gasteiger partial charge in [-0.2, -0.15) is 0 Å². The molecule has 0 heterocycles. The summed E-state index contributed by atoms with van der Waals surface area (Å²) in [4.78, 5) is 0. The van der Waals surface area contributed by atoms with Crippen molar-refractivity contribution < 1.29 is 9.50 Å². The van der Waals surface area contributed by atoms with Crippen LogP contribution in [0.25, 0.3) is 0 Å². The van der Waals surface area contributed by atoms with E-state index in [4.69, 9.17) is 11.6 Å². The Hall–Kier alpha value is -1.26. The third kappa shape index (κ3) is 3.25. The molecule has 1 unspecified atom stereocenters. The Balaban J connectivity index is 2.27. The van der Waals surface area contributed by atoms with Crippen LogP contribution >= 0.6 is 27.5 Å². The maximum absolute atomic E-state index is 13.8. The van der Waals surface area contributed by atoms with Crippen LogP contribution in [0, 0.1) is 12.7 Å². The molecule has 2 aromatic rings. The van der Waals surface area contributed by atoms with E-state index in [0.29, 0.717) is 10.6 Å². The first-order chi connectivity index (χ1) is 9.38. The molecule has 0 aliphatic heterocycles. The molecule has 5 heteroatoms. The number of aromatic hydroxyl groups is 1. The smallest absolute Gasteiger partial charge is 0.132 e. The fourth-order valence-electron chi connectivity index (χ4n) is 1.94. The molecule has 0 radical (unpaired) electrons. The van der Waals surface area contributed by atoms with Crippen molar-refractivity contribution in [2.24, 2.45) is 0 Å². The predicted octanol–water partition coefficient (Wildman–Crippen LogP) is 5.43. The van der Waals surface area contributed by atoms with Gasteiger partial charge in [0.1, 0.15) is 11.6 Å². The van der Waals surface area contributed by atoms with E-state index in [-0.39, 0.29) is 11.8 Å². The van der Waals surface area contributed by atoms with Crippen molar-refractivity contribution >= 4 is 33.2 Å². The fraction of sp³-hybridized carbons (Fsp3) is 0.200. The summed E-state index contributed by atoms with van der Waals surface area (Å²) in [5.41, 5.74) is 2.24. The zero-order valence-electron chi connectivity index (χ0n) is 11.0. The number of nitrogens with one attached hydrogen (secondary N) is 1. The molecule has 0 aromatic heterocycles. The first-order valence-corrected chi connectivity index (χ1v) is 7.26. The van der Waals surface area contributed by atoms with Gasteiger partial charge in [0.05, 0.1) is 11.7 Å². The molecule has 0 amide bonds. The van der Waals surface area contributed by atoms with Crippen LogP contribution in [0.2, 0.25) is 5.02 Å². The topological polar surface area (TPSA) is 32.3 Å². The summed E-state index contributed by atoms with van der Waals surface area (Å²) in [6.45, 7) is 3.76. The lowest BCUT2D eigenvalue weighted by molar-refractivity contribution is 0.467. The van der Waals surface area contributed by atoms with Crippen LogP contribution in [0.15, 0.2) is 34.8 Å². The number of hydrogen-bond acceptors (Lipinski definition) is 2. The zero-order valence-corrected chi connectivity index (χ0v) is 13.4. The Morgan fingerprint density at radius 3 is 2.65 bits per heavy atom. The van der Waals surface area contributed by atoms with Gasteiger partial charge in [-0.05, 0) is 53.5 Å². The molecule has 0 fully saturated rings. The minimum Gasteiger partial charge on any atom is -0.508 e. The van der Waals surface area contributed by atoms with Gasteiger partial charge < -0.3 is 10.4 Å². The second kappa shape index (κ2) is 6.02. The summed E-state index contributed by atoms with van der Waals surface area (Å²) < 4.78 is 14.7. The van der Waals surface area contributed by atoms with Gasteiger partial charge in [-0.3, -0.25) is 0 Å². The number of hydrogen-bond donors (Lipinski definition) is 2. The maximum atomic E-state index is 13.8. The van der Waals surface area contributed by atoms with Gasteiger partial charge in [0.25, 0.3) is 0 Å². The molecule has 0 saturated carbocycles. The number of benzene rings is 2. The third-order valence-electron chi connectivity index (χ3n) is 3.07. The van der Waals surface area contributed by atoms with Crippen LogP contribution in [-0.2, 0) is 0 Å². The summed E-state index contributed by atoms with van der Waals surface area (Å²) in [6.07, 6.45) is 0. The lowest BCUT2D eigenvalue weighted by Crippen LogP contribution is -2.09. The highest BCUT2D eigenvalue weighted by atomic mass is 79.9. The summed E-state index contributed by atoms with van der Waals surface area (Å²) in [7, 11) is 0. The first-order valence-electron chi connectivity index (χ1n) is 6.09. The van der Waals surface area contributed by atoms with Crippen LogP contribution in [0.3, 0.4) is 0 Å². The fourth-order valence-corrected chi connectivity index (χ4v) is 2.67. The SMILES string of the molecule is Cc1cc(Br)c(NC(C)c2ccc(O)cc2F)cc1Cl. The van der Waals surface area contributed by atoms with Crippen molar-refractivity contribution in [1.82, 2.24) is 0 Å². The molecule has 0 saturated heterocycles. The maximum Gasteiger partial charge on any atom is 0.132 e. The molecule has 2 nitrogen and oxygen atoms in total. The van der Waals surface area contributed by atoms with E-state index in [0.717, 1.165) is 21.8 Å². The number of aryl methyl sites for hydroxylation is 1. The highest BCUT2D eigenvalue weighted by Gasteiger charge is 2.13. The first kappa shape index (κ1) is 15.1. The number of rotatable bonds is 3. The molecule has 2 N–H and O–H groups in total. The molecule has 2 rings (SSSR count). The average Bonchev–Trinajstić information content (AvgIpc) is 2.35. The number of phenols is 1. The molecule has 0 spiro atoms. The van der Waals surface area contributed by atoms with Gasteiger partial charge in [-0.15, -0.1) is 0 Å². The monoisotopic (exact) mass is 357 g/mol. The quantitative estimate of drug-likeness (QED) is 0.767. The van der Waals surface area contributed by atoms with E-state index in [1.807, 2.05) is 19.9 Å². The van der Waals surface area contributed by atoms with Gasteiger partial charge in [-0.25, -0.2) is 4.39 Å². The van der Waals surface area contributed by atoms with E-state index in [9.17, 15) is 9.50 Å². The Kier molecular flexibility index (Phi) is 4.55. The highest BCUT2D eigenvalue weighted by Crippen LogP contribution is 2.32. The Bertz CT molecular complexity index is 648. The molecule has 0 bridgehead atoms. The van der Waals surface area contributed by atoms with E-state index >= 15 is 0 Å². The molecule has 20 heavy (non-hydrogen) atoms. The summed E-state index contributed by atoms with van der Waals surface area (Å²) in [6, 6.07) is 7.58. The minimum atomic E-state index is -0.445. The van der Waals surface area contributed by atoms with Crippen LogP contribution in [0.1, 0.15) is 24.1 Å². The van der Waals surface area contributed by atoms with Crippen molar-refractivity contribution in [3.8, 4) is 5.75 Å². The summed E-state index contributed by atoms with van der Waals surface area (Å²) >= 11 is 9.56. The minimum absolute atomic E-state index is 0.0852. The average molecular weight is 359 g/mol. The van der Waals surface area contributed by atoms with Crippen molar-refractivity contribution in [2.45, 2.75) is 19.9 Å². The van der Waals surface area contributed by atoms with Gasteiger partial charge in [0.2, 0.25) is 0 Å². The lowest BCUT2D eigenvalue weighted by atomic mass is 10.1. The van der Waals surface area contributed by atoms with Crippen molar-refractivity contribution in [1.29, 1.82) is 0 Å². The van der Waals surface area contributed by atoms with Crippen LogP contribution in [-0.4, -0.2) is 5.11 Å². The molecule has 2 aromatic carbocycles. The highest BCUT2D eigenvalue weighted by molar-refractivity contribution is 9.10. The predicted molar refractivity (Wildman–Crippen MR) is 84.0 cm³/mol. The summed E-state index contributed by atoms with van der Waals surface area (Å²) in [5.74, 6) is -0.530. The summed E-state index contributed by atoms with van der Waals surface area (Å²) in [5, 5.41) is 13.1. The lowest BCUT2D eigenvalue weighted by Gasteiger charge is -2.18. The Labute approximate surface area is 130 Å². The third-order valence-corrected chi connectivity index (χ3v) is 4.13. The molecule has 1 atom stereocenters. The second-order valence-corrected chi connectivity index (χ2v) is 5.91. The van der Waals surface area contributed by atoms with E-state index in [1.165, 1.54) is 6.07 Å². The molecule has 106 valence electrons. The van der Waals surface area contributed by atoms with Crippen LogP contribution in [0.5, 0.6) is 5.75 Å². The van der Waals surface area contributed by atoms with E-state index in [2.05, 4.69) is 21.2 Å². The van der Waals surface area contributed by atoms with Crippen LogP contribution < -0.4 is 5.32 Å². The van der Waals surface area contributed by atoms with Crippen LogP contribution in [0.4, 0.5) is 10.1 Å².